The zero-order valence-corrected chi connectivity index (χ0v) is 15.3. The molecule has 1 amide bonds. The first-order valence-electron chi connectivity index (χ1n) is 8.66. The number of nitrogens with zero attached hydrogens (tertiary/aromatic N) is 1. The Morgan fingerprint density at radius 3 is 2.59 bits per heavy atom. The Kier molecular flexibility index (Phi) is 5.76. The SMILES string of the molecule is CC(C)N(C(=O)COC(=O)/C=C/c1ccc2c(c1)OCO2)c1ccccc1. The van der Waals surface area contributed by atoms with E-state index in [1.807, 2.05) is 44.2 Å². The molecule has 27 heavy (non-hydrogen) atoms. The maximum absolute atomic E-state index is 12.5. The van der Waals surface area contributed by atoms with Crippen LogP contribution in [-0.2, 0) is 14.3 Å². The highest BCUT2D eigenvalue weighted by Gasteiger charge is 2.20. The number of fused-ring (bicyclic) bond motifs is 1. The molecule has 0 aliphatic carbocycles. The highest BCUT2D eigenvalue weighted by molar-refractivity contribution is 5.96. The van der Waals surface area contributed by atoms with Crippen molar-refractivity contribution in [3.63, 3.8) is 0 Å². The number of esters is 1. The lowest BCUT2D eigenvalue weighted by atomic mass is 10.2. The lowest BCUT2D eigenvalue weighted by molar-refractivity contribution is -0.143. The van der Waals surface area contributed by atoms with Gasteiger partial charge in [0.25, 0.3) is 5.91 Å². The van der Waals surface area contributed by atoms with Gasteiger partial charge in [-0.1, -0.05) is 24.3 Å². The minimum absolute atomic E-state index is 0.0530. The van der Waals surface area contributed by atoms with E-state index in [9.17, 15) is 9.59 Å². The van der Waals surface area contributed by atoms with Crippen LogP contribution < -0.4 is 14.4 Å². The zero-order chi connectivity index (χ0) is 19.2. The molecule has 1 heterocycles. The van der Waals surface area contributed by atoms with Gasteiger partial charge >= 0.3 is 5.97 Å². The molecule has 140 valence electrons. The van der Waals surface area contributed by atoms with Crippen LogP contribution in [0.1, 0.15) is 19.4 Å². The molecule has 0 unspecified atom stereocenters. The van der Waals surface area contributed by atoms with Crippen molar-refractivity contribution in [3.05, 3.63) is 60.2 Å². The third kappa shape index (κ3) is 4.67. The molecular formula is C21H21NO5. The maximum atomic E-state index is 12.5. The van der Waals surface area contributed by atoms with Gasteiger partial charge in [0.2, 0.25) is 6.79 Å². The van der Waals surface area contributed by atoms with Crippen LogP contribution in [-0.4, -0.2) is 31.3 Å². The van der Waals surface area contributed by atoms with E-state index in [0.29, 0.717) is 11.5 Å². The van der Waals surface area contributed by atoms with Crippen LogP contribution in [0.2, 0.25) is 0 Å². The smallest absolute Gasteiger partial charge is 0.331 e. The minimum Gasteiger partial charge on any atom is -0.454 e. The Labute approximate surface area is 158 Å². The van der Waals surface area contributed by atoms with E-state index >= 15 is 0 Å². The van der Waals surface area contributed by atoms with Crippen molar-refractivity contribution >= 4 is 23.6 Å². The zero-order valence-electron chi connectivity index (χ0n) is 15.3. The molecule has 2 aromatic rings. The lowest BCUT2D eigenvalue weighted by Gasteiger charge is -2.26. The maximum Gasteiger partial charge on any atom is 0.331 e. The quantitative estimate of drug-likeness (QED) is 0.578. The normalized spacial score (nSPS) is 12.4. The van der Waals surface area contributed by atoms with Crippen LogP contribution in [0, 0.1) is 0 Å². The second kappa shape index (κ2) is 8.40. The summed E-state index contributed by atoms with van der Waals surface area (Å²) in [5.41, 5.74) is 1.54. The van der Waals surface area contributed by atoms with E-state index < -0.39 is 5.97 Å². The van der Waals surface area contributed by atoms with Gasteiger partial charge in [-0.15, -0.1) is 0 Å². The molecule has 3 rings (SSSR count). The number of carbonyl (C=O) groups is 2. The van der Waals surface area contributed by atoms with Crippen LogP contribution >= 0.6 is 0 Å². The molecule has 0 saturated heterocycles. The van der Waals surface area contributed by atoms with Crippen LogP contribution in [0.3, 0.4) is 0 Å². The molecule has 6 nitrogen and oxygen atoms in total. The Hall–Kier alpha value is -3.28. The summed E-state index contributed by atoms with van der Waals surface area (Å²) in [5, 5.41) is 0. The number of benzene rings is 2. The predicted octanol–water partition coefficient (Wildman–Crippen LogP) is 3.41. The van der Waals surface area contributed by atoms with Crippen molar-refractivity contribution in [2.75, 3.05) is 18.3 Å². The largest absolute Gasteiger partial charge is 0.454 e. The second-order valence-corrected chi connectivity index (χ2v) is 6.25. The topological polar surface area (TPSA) is 65.1 Å². The first-order valence-corrected chi connectivity index (χ1v) is 8.66. The van der Waals surface area contributed by atoms with Crippen molar-refractivity contribution in [2.24, 2.45) is 0 Å². The van der Waals surface area contributed by atoms with Gasteiger partial charge in [-0.25, -0.2) is 4.79 Å². The lowest BCUT2D eigenvalue weighted by Crippen LogP contribution is -2.39. The van der Waals surface area contributed by atoms with E-state index in [2.05, 4.69) is 0 Å². The first-order chi connectivity index (χ1) is 13.0. The molecule has 0 spiro atoms. The fourth-order valence-electron chi connectivity index (χ4n) is 2.75. The third-order valence-corrected chi connectivity index (χ3v) is 3.97. The highest BCUT2D eigenvalue weighted by Crippen LogP contribution is 2.32. The highest BCUT2D eigenvalue weighted by atomic mass is 16.7. The first kappa shape index (κ1) is 18.5. The number of amides is 1. The van der Waals surface area contributed by atoms with Crippen molar-refractivity contribution in [1.82, 2.24) is 0 Å². The number of hydrogen-bond donors (Lipinski definition) is 0. The summed E-state index contributed by atoms with van der Waals surface area (Å²) in [4.78, 5) is 26.0. The fraction of sp³-hybridized carbons (Fsp3) is 0.238. The van der Waals surface area contributed by atoms with Crippen LogP contribution in [0.4, 0.5) is 5.69 Å². The second-order valence-electron chi connectivity index (χ2n) is 6.25. The average molecular weight is 367 g/mol. The summed E-state index contributed by atoms with van der Waals surface area (Å²) in [6.45, 7) is 3.69. The summed E-state index contributed by atoms with van der Waals surface area (Å²) in [6.07, 6.45) is 2.89. The monoisotopic (exact) mass is 367 g/mol. The third-order valence-electron chi connectivity index (χ3n) is 3.97. The molecule has 0 fully saturated rings. The van der Waals surface area contributed by atoms with Crippen molar-refractivity contribution < 1.29 is 23.8 Å². The average Bonchev–Trinajstić information content (AvgIpc) is 3.13. The van der Waals surface area contributed by atoms with E-state index in [1.165, 1.54) is 6.08 Å². The molecule has 1 aliphatic rings. The van der Waals surface area contributed by atoms with Gasteiger partial charge in [0.15, 0.2) is 18.1 Å². The van der Waals surface area contributed by atoms with E-state index in [0.717, 1.165) is 11.3 Å². The predicted molar refractivity (Wildman–Crippen MR) is 102 cm³/mol. The molecule has 0 radical (unpaired) electrons. The number of hydrogen-bond acceptors (Lipinski definition) is 5. The molecule has 0 N–H and O–H groups in total. The summed E-state index contributed by atoms with van der Waals surface area (Å²) in [6, 6.07) is 14.6. The molecule has 0 aromatic heterocycles. The molecule has 1 aliphatic heterocycles. The standard InChI is InChI=1S/C21H21NO5/c1-15(2)22(17-6-4-3-5-7-17)20(23)13-25-21(24)11-9-16-8-10-18-19(12-16)27-14-26-18/h3-12,15H,13-14H2,1-2H3/b11-9+. The van der Waals surface area contributed by atoms with Gasteiger partial charge in [0, 0.05) is 17.8 Å². The molecule has 0 saturated carbocycles. The van der Waals surface area contributed by atoms with Crippen LogP contribution in [0.5, 0.6) is 11.5 Å². The van der Waals surface area contributed by atoms with Gasteiger partial charge in [0.1, 0.15) is 0 Å². The summed E-state index contributed by atoms with van der Waals surface area (Å²) < 4.78 is 15.6. The molecule has 2 aromatic carbocycles. The Bertz CT molecular complexity index is 845. The van der Waals surface area contributed by atoms with Gasteiger partial charge in [-0.2, -0.15) is 0 Å². The number of rotatable bonds is 6. The summed E-state index contributed by atoms with van der Waals surface area (Å²) in [7, 11) is 0. The number of para-hydroxylation sites is 1. The van der Waals surface area contributed by atoms with Crippen molar-refractivity contribution in [2.45, 2.75) is 19.9 Å². The van der Waals surface area contributed by atoms with E-state index in [4.69, 9.17) is 14.2 Å². The minimum atomic E-state index is -0.585. The van der Waals surface area contributed by atoms with Gasteiger partial charge in [-0.05, 0) is 49.8 Å². The van der Waals surface area contributed by atoms with E-state index in [1.54, 1.807) is 29.2 Å². The van der Waals surface area contributed by atoms with Crippen LogP contribution in [0.25, 0.3) is 6.08 Å². The van der Waals surface area contributed by atoms with Gasteiger partial charge in [-0.3, -0.25) is 4.79 Å². The van der Waals surface area contributed by atoms with Crippen molar-refractivity contribution in [1.29, 1.82) is 0 Å². The Morgan fingerprint density at radius 2 is 1.85 bits per heavy atom. The summed E-state index contributed by atoms with van der Waals surface area (Å²) >= 11 is 0. The fourth-order valence-corrected chi connectivity index (χ4v) is 2.75. The van der Waals surface area contributed by atoms with E-state index in [-0.39, 0.29) is 25.3 Å². The number of ether oxygens (including phenoxy) is 3. The Morgan fingerprint density at radius 1 is 1.11 bits per heavy atom. The molecule has 6 heteroatoms. The van der Waals surface area contributed by atoms with Gasteiger partial charge in [0.05, 0.1) is 0 Å². The Balaban J connectivity index is 1.57. The molecular weight excluding hydrogens is 346 g/mol. The van der Waals surface area contributed by atoms with Crippen LogP contribution in [0.15, 0.2) is 54.6 Å². The molecule has 0 bridgehead atoms. The molecule has 0 atom stereocenters. The van der Waals surface area contributed by atoms with Crippen molar-refractivity contribution in [3.8, 4) is 11.5 Å². The summed E-state index contributed by atoms with van der Waals surface area (Å²) in [5.74, 6) is 0.449. The number of anilines is 1. The number of carbonyl (C=O) groups excluding carboxylic acids is 2. The van der Waals surface area contributed by atoms with Gasteiger partial charge < -0.3 is 19.1 Å².